The molecule has 54 valence electrons. The number of nitrogens with zero attached hydrogens (tertiary/aromatic N) is 2. The topological polar surface area (TPSA) is 51.8 Å². The molecule has 0 aliphatic heterocycles. The molecule has 1 aromatic rings. The first-order valence-electron chi connectivity index (χ1n) is 3.36. The summed E-state index contributed by atoms with van der Waals surface area (Å²) >= 11 is 0. The van der Waals surface area contributed by atoms with Crippen molar-refractivity contribution in [2.24, 2.45) is 5.73 Å². The number of aryl methyl sites for hydroxylation is 1. The lowest BCUT2D eigenvalue weighted by molar-refractivity contribution is 0.903. The van der Waals surface area contributed by atoms with Crippen molar-refractivity contribution in [1.82, 2.24) is 9.97 Å². The van der Waals surface area contributed by atoms with E-state index < -0.39 is 0 Å². The van der Waals surface area contributed by atoms with E-state index >= 15 is 0 Å². The van der Waals surface area contributed by atoms with Crippen LogP contribution in [0.15, 0.2) is 12.4 Å². The van der Waals surface area contributed by atoms with Gasteiger partial charge in [-0.2, -0.15) is 0 Å². The molecule has 0 atom stereocenters. The molecule has 0 saturated heterocycles. The Morgan fingerprint density at radius 2 is 2.10 bits per heavy atom. The van der Waals surface area contributed by atoms with Crippen LogP contribution < -0.4 is 5.73 Å². The van der Waals surface area contributed by atoms with E-state index in [4.69, 9.17) is 5.73 Å². The Hall–Kier alpha value is -0.960. The normalized spacial score (nSPS) is 9.80. The Bertz CT molecular complexity index is 191. The Labute approximate surface area is 60.3 Å². The summed E-state index contributed by atoms with van der Waals surface area (Å²) in [5.74, 6) is 0. The van der Waals surface area contributed by atoms with Gasteiger partial charge in [-0.1, -0.05) is 6.92 Å². The molecule has 3 heteroatoms. The third kappa shape index (κ3) is 1.51. The SMILES string of the molecule is CCc1cncc(CN)n1. The maximum atomic E-state index is 5.37. The van der Waals surface area contributed by atoms with E-state index in [1.165, 1.54) is 0 Å². The standard InChI is InChI=1S/C7H11N3/c1-2-6-4-9-5-7(3-8)10-6/h4-5H,2-3,8H2,1H3. The van der Waals surface area contributed by atoms with Crippen molar-refractivity contribution in [1.29, 1.82) is 0 Å². The fourth-order valence-electron chi connectivity index (χ4n) is 0.720. The average Bonchev–Trinajstić information content (AvgIpc) is 2.05. The molecule has 2 N–H and O–H groups in total. The Kier molecular flexibility index (Phi) is 2.34. The molecular formula is C7H11N3. The summed E-state index contributed by atoms with van der Waals surface area (Å²) < 4.78 is 0. The zero-order chi connectivity index (χ0) is 7.40. The first kappa shape index (κ1) is 7.15. The lowest BCUT2D eigenvalue weighted by atomic mass is 10.3. The van der Waals surface area contributed by atoms with Gasteiger partial charge in [-0.15, -0.1) is 0 Å². The van der Waals surface area contributed by atoms with Crippen LogP contribution in [-0.4, -0.2) is 9.97 Å². The van der Waals surface area contributed by atoms with E-state index in [1.54, 1.807) is 12.4 Å². The van der Waals surface area contributed by atoms with Gasteiger partial charge in [0.05, 0.1) is 11.4 Å². The van der Waals surface area contributed by atoms with Crippen LogP contribution in [0.1, 0.15) is 18.3 Å². The van der Waals surface area contributed by atoms with Crippen molar-refractivity contribution in [3.8, 4) is 0 Å². The molecule has 0 saturated carbocycles. The summed E-state index contributed by atoms with van der Waals surface area (Å²) in [7, 11) is 0. The van der Waals surface area contributed by atoms with Gasteiger partial charge in [0.15, 0.2) is 0 Å². The monoisotopic (exact) mass is 137 g/mol. The first-order chi connectivity index (χ1) is 4.86. The fourth-order valence-corrected chi connectivity index (χ4v) is 0.720. The van der Waals surface area contributed by atoms with Crippen molar-refractivity contribution in [2.75, 3.05) is 0 Å². The molecule has 10 heavy (non-hydrogen) atoms. The Morgan fingerprint density at radius 3 is 2.70 bits per heavy atom. The van der Waals surface area contributed by atoms with Gasteiger partial charge in [-0.3, -0.25) is 9.97 Å². The van der Waals surface area contributed by atoms with Gasteiger partial charge in [-0.05, 0) is 6.42 Å². The fraction of sp³-hybridized carbons (Fsp3) is 0.429. The predicted octanol–water partition coefficient (Wildman–Crippen LogP) is 0.498. The minimum absolute atomic E-state index is 0.473. The molecule has 0 aromatic carbocycles. The third-order valence-electron chi connectivity index (χ3n) is 1.31. The zero-order valence-electron chi connectivity index (χ0n) is 6.04. The summed E-state index contributed by atoms with van der Waals surface area (Å²) in [5.41, 5.74) is 7.23. The van der Waals surface area contributed by atoms with E-state index in [2.05, 4.69) is 9.97 Å². The Morgan fingerprint density at radius 1 is 1.40 bits per heavy atom. The molecule has 3 nitrogen and oxygen atoms in total. The molecule has 1 heterocycles. The second kappa shape index (κ2) is 3.27. The summed E-state index contributed by atoms with van der Waals surface area (Å²) in [6.07, 6.45) is 4.37. The van der Waals surface area contributed by atoms with Crippen LogP contribution in [-0.2, 0) is 13.0 Å². The zero-order valence-corrected chi connectivity index (χ0v) is 6.04. The second-order valence-corrected chi connectivity index (χ2v) is 2.06. The molecule has 0 bridgehead atoms. The first-order valence-corrected chi connectivity index (χ1v) is 3.36. The maximum absolute atomic E-state index is 5.37. The predicted molar refractivity (Wildman–Crippen MR) is 39.3 cm³/mol. The van der Waals surface area contributed by atoms with Crippen LogP contribution in [0.4, 0.5) is 0 Å². The van der Waals surface area contributed by atoms with Crippen molar-refractivity contribution in [3.05, 3.63) is 23.8 Å². The van der Waals surface area contributed by atoms with Crippen molar-refractivity contribution in [3.63, 3.8) is 0 Å². The van der Waals surface area contributed by atoms with Crippen LogP contribution in [0.5, 0.6) is 0 Å². The Balaban J connectivity index is 2.87. The summed E-state index contributed by atoms with van der Waals surface area (Å²) in [6, 6.07) is 0. The molecule has 0 aliphatic rings. The van der Waals surface area contributed by atoms with E-state index in [9.17, 15) is 0 Å². The van der Waals surface area contributed by atoms with E-state index in [1.807, 2.05) is 6.92 Å². The van der Waals surface area contributed by atoms with Gasteiger partial charge in [0.1, 0.15) is 0 Å². The van der Waals surface area contributed by atoms with Gasteiger partial charge in [-0.25, -0.2) is 0 Å². The number of aromatic nitrogens is 2. The highest BCUT2D eigenvalue weighted by molar-refractivity contribution is 5.02. The molecular weight excluding hydrogens is 126 g/mol. The maximum Gasteiger partial charge on any atom is 0.0725 e. The smallest absolute Gasteiger partial charge is 0.0725 e. The molecule has 0 aliphatic carbocycles. The third-order valence-corrected chi connectivity index (χ3v) is 1.31. The van der Waals surface area contributed by atoms with Crippen molar-refractivity contribution >= 4 is 0 Å². The molecule has 1 aromatic heterocycles. The van der Waals surface area contributed by atoms with Gasteiger partial charge < -0.3 is 5.73 Å². The van der Waals surface area contributed by atoms with E-state index in [0.29, 0.717) is 6.54 Å². The van der Waals surface area contributed by atoms with Gasteiger partial charge >= 0.3 is 0 Å². The second-order valence-electron chi connectivity index (χ2n) is 2.06. The van der Waals surface area contributed by atoms with Crippen LogP contribution in [0.25, 0.3) is 0 Å². The lowest BCUT2D eigenvalue weighted by Gasteiger charge is -1.96. The van der Waals surface area contributed by atoms with Gasteiger partial charge in [0.25, 0.3) is 0 Å². The summed E-state index contributed by atoms with van der Waals surface area (Å²) in [6.45, 7) is 2.52. The highest BCUT2D eigenvalue weighted by Gasteiger charge is 1.92. The highest BCUT2D eigenvalue weighted by Crippen LogP contribution is 1.94. The van der Waals surface area contributed by atoms with Crippen molar-refractivity contribution < 1.29 is 0 Å². The summed E-state index contributed by atoms with van der Waals surface area (Å²) in [5, 5.41) is 0. The van der Waals surface area contributed by atoms with Crippen LogP contribution in [0.2, 0.25) is 0 Å². The van der Waals surface area contributed by atoms with Crippen LogP contribution >= 0.6 is 0 Å². The van der Waals surface area contributed by atoms with Crippen LogP contribution in [0, 0.1) is 0 Å². The van der Waals surface area contributed by atoms with Crippen LogP contribution in [0.3, 0.4) is 0 Å². The number of hydrogen-bond donors (Lipinski definition) is 1. The number of rotatable bonds is 2. The average molecular weight is 137 g/mol. The molecule has 0 amide bonds. The molecule has 1 rings (SSSR count). The number of nitrogens with two attached hydrogens (primary N) is 1. The van der Waals surface area contributed by atoms with E-state index in [0.717, 1.165) is 17.8 Å². The van der Waals surface area contributed by atoms with Gasteiger partial charge in [0, 0.05) is 18.9 Å². The largest absolute Gasteiger partial charge is 0.325 e. The summed E-state index contributed by atoms with van der Waals surface area (Å²) in [4.78, 5) is 8.21. The number of hydrogen-bond acceptors (Lipinski definition) is 3. The molecule has 0 spiro atoms. The lowest BCUT2D eigenvalue weighted by Crippen LogP contribution is -2.02. The van der Waals surface area contributed by atoms with Gasteiger partial charge in [0.2, 0.25) is 0 Å². The van der Waals surface area contributed by atoms with E-state index in [-0.39, 0.29) is 0 Å². The quantitative estimate of drug-likeness (QED) is 0.645. The molecule has 0 radical (unpaired) electrons. The molecule has 0 unspecified atom stereocenters. The minimum atomic E-state index is 0.473. The molecule has 0 fully saturated rings. The minimum Gasteiger partial charge on any atom is -0.325 e. The van der Waals surface area contributed by atoms with Crippen molar-refractivity contribution in [2.45, 2.75) is 19.9 Å². The highest BCUT2D eigenvalue weighted by atomic mass is 14.8.